The van der Waals surface area contributed by atoms with Crippen LogP contribution in [0.1, 0.15) is 31.0 Å². The van der Waals surface area contributed by atoms with Gasteiger partial charge in [-0.25, -0.2) is 9.79 Å². The molecule has 0 radical (unpaired) electrons. The number of hydrogen-bond acceptors (Lipinski definition) is 8. The molecule has 0 spiro atoms. The van der Waals surface area contributed by atoms with Crippen LogP contribution < -0.4 is 24.4 Å². The molecule has 0 bridgehead atoms. The number of benzene rings is 2. The van der Waals surface area contributed by atoms with Crippen LogP contribution in [0.2, 0.25) is 0 Å². The highest BCUT2D eigenvalue weighted by Crippen LogP contribution is 2.32. The summed E-state index contributed by atoms with van der Waals surface area (Å²) in [5, 5.41) is 10.1. The predicted octanol–water partition coefficient (Wildman–Crippen LogP) is 2.52. The molecule has 1 aromatic heterocycles. The Kier molecular flexibility index (Phi) is 6.56. The summed E-state index contributed by atoms with van der Waals surface area (Å²) in [5.74, 6) is 0.391. The van der Waals surface area contributed by atoms with Crippen molar-refractivity contribution in [3.8, 4) is 17.2 Å². The van der Waals surface area contributed by atoms with Crippen LogP contribution in [0.4, 0.5) is 0 Å². The fourth-order valence-corrected chi connectivity index (χ4v) is 4.91. The summed E-state index contributed by atoms with van der Waals surface area (Å²) in [4.78, 5) is 31.5. The molecule has 9 heteroatoms. The summed E-state index contributed by atoms with van der Waals surface area (Å²) in [5.41, 5.74) is 1.81. The Balaban J connectivity index is 1.94. The van der Waals surface area contributed by atoms with Crippen LogP contribution in [0.25, 0.3) is 6.08 Å². The van der Waals surface area contributed by atoms with Gasteiger partial charge in [0, 0.05) is 0 Å². The maximum atomic E-state index is 13.6. The molecule has 0 aliphatic carbocycles. The van der Waals surface area contributed by atoms with E-state index in [1.807, 2.05) is 12.1 Å². The summed E-state index contributed by atoms with van der Waals surface area (Å²) >= 11 is 1.21. The lowest BCUT2D eigenvalue weighted by molar-refractivity contribution is -0.139. The summed E-state index contributed by atoms with van der Waals surface area (Å²) in [6.45, 7) is 3.66. The van der Waals surface area contributed by atoms with Gasteiger partial charge >= 0.3 is 5.97 Å². The molecule has 1 aliphatic heterocycles. The standard InChI is InChI=1S/C25H24N2O6S/c1-5-33-24(30)21-14(2)26-25-27(22(21)16-7-6-8-17(13-16)31-3)23(29)20(34-25)12-15-9-10-19(32-4)18(28)11-15/h6-13,22,28H,5H2,1-4H3/b20-12+. The molecule has 1 aliphatic rings. The topological polar surface area (TPSA) is 99.4 Å². The molecule has 0 fully saturated rings. The number of ether oxygens (including phenoxy) is 3. The van der Waals surface area contributed by atoms with E-state index in [-0.39, 0.29) is 17.9 Å². The highest BCUT2D eigenvalue weighted by atomic mass is 32.1. The van der Waals surface area contributed by atoms with Gasteiger partial charge in [0.15, 0.2) is 16.3 Å². The first-order valence-electron chi connectivity index (χ1n) is 10.6. The van der Waals surface area contributed by atoms with Crippen molar-refractivity contribution in [2.24, 2.45) is 4.99 Å². The maximum Gasteiger partial charge on any atom is 0.338 e. The molecule has 8 nitrogen and oxygen atoms in total. The molecule has 3 aromatic rings. The zero-order valence-corrected chi connectivity index (χ0v) is 20.0. The Morgan fingerprint density at radius 3 is 2.68 bits per heavy atom. The van der Waals surface area contributed by atoms with Crippen LogP contribution in [0.5, 0.6) is 17.2 Å². The minimum atomic E-state index is -0.725. The quantitative estimate of drug-likeness (QED) is 0.545. The average Bonchev–Trinajstić information content (AvgIpc) is 3.12. The monoisotopic (exact) mass is 480 g/mol. The summed E-state index contributed by atoms with van der Waals surface area (Å²) in [6.07, 6.45) is 1.68. The molecule has 2 heterocycles. The Hall–Kier alpha value is -3.85. The van der Waals surface area contributed by atoms with Crippen molar-refractivity contribution < 1.29 is 24.1 Å². The number of methoxy groups -OCH3 is 2. The third-order valence-corrected chi connectivity index (χ3v) is 6.41. The van der Waals surface area contributed by atoms with Crippen LogP contribution >= 0.6 is 11.3 Å². The van der Waals surface area contributed by atoms with Crippen molar-refractivity contribution in [2.45, 2.75) is 19.9 Å². The summed E-state index contributed by atoms with van der Waals surface area (Å²) in [6, 6.07) is 11.4. The van der Waals surface area contributed by atoms with Crippen molar-refractivity contribution >= 4 is 23.4 Å². The second-order valence-corrected chi connectivity index (χ2v) is 8.52. The molecular weight excluding hydrogens is 456 g/mol. The van der Waals surface area contributed by atoms with Gasteiger partial charge in [-0.15, -0.1) is 0 Å². The molecule has 1 N–H and O–H groups in total. The van der Waals surface area contributed by atoms with E-state index in [2.05, 4.69) is 4.99 Å². The number of phenolic OH excluding ortho intramolecular Hbond substituents is 1. The molecule has 0 amide bonds. The number of fused-ring (bicyclic) bond motifs is 1. The number of nitrogens with zero attached hydrogens (tertiary/aromatic N) is 2. The number of thiazole rings is 1. The first-order valence-corrected chi connectivity index (χ1v) is 11.4. The van der Waals surface area contributed by atoms with E-state index in [4.69, 9.17) is 14.2 Å². The zero-order valence-electron chi connectivity index (χ0n) is 19.2. The SMILES string of the molecule is CCOC(=O)C1=C(C)N=c2s/c(=C/c3ccc(OC)c(O)c3)c(=O)n2C1c1cccc(OC)c1. The molecule has 34 heavy (non-hydrogen) atoms. The van der Waals surface area contributed by atoms with E-state index in [0.29, 0.717) is 43.2 Å². The minimum absolute atomic E-state index is 0.0290. The molecule has 1 unspecified atom stereocenters. The zero-order chi connectivity index (χ0) is 24.4. The van der Waals surface area contributed by atoms with Crippen molar-refractivity contribution in [2.75, 3.05) is 20.8 Å². The average molecular weight is 481 g/mol. The smallest absolute Gasteiger partial charge is 0.338 e. The number of rotatable bonds is 6. The third-order valence-electron chi connectivity index (χ3n) is 5.43. The van der Waals surface area contributed by atoms with Gasteiger partial charge in [-0.1, -0.05) is 29.5 Å². The van der Waals surface area contributed by atoms with Gasteiger partial charge in [-0.2, -0.15) is 0 Å². The highest BCUT2D eigenvalue weighted by molar-refractivity contribution is 7.07. The van der Waals surface area contributed by atoms with Crippen LogP contribution in [-0.4, -0.2) is 36.5 Å². The van der Waals surface area contributed by atoms with E-state index in [0.717, 1.165) is 0 Å². The molecular formula is C25H24N2O6S. The van der Waals surface area contributed by atoms with Gasteiger partial charge in [-0.3, -0.25) is 9.36 Å². The number of aromatic hydroxyl groups is 1. The predicted molar refractivity (Wildman–Crippen MR) is 128 cm³/mol. The van der Waals surface area contributed by atoms with E-state index in [9.17, 15) is 14.7 Å². The van der Waals surface area contributed by atoms with Crippen molar-refractivity contribution in [1.29, 1.82) is 0 Å². The number of allylic oxidation sites excluding steroid dienone is 1. The lowest BCUT2D eigenvalue weighted by Crippen LogP contribution is -2.39. The molecule has 176 valence electrons. The third kappa shape index (κ3) is 4.22. The van der Waals surface area contributed by atoms with Gasteiger partial charge in [-0.05, 0) is 55.3 Å². The number of carbonyl (C=O) groups is 1. The molecule has 4 rings (SSSR count). The van der Waals surface area contributed by atoms with Crippen molar-refractivity contribution in [3.63, 3.8) is 0 Å². The first-order chi connectivity index (χ1) is 16.4. The largest absolute Gasteiger partial charge is 0.504 e. The van der Waals surface area contributed by atoms with Crippen LogP contribution in [0.15, 0.2) is 63.5 Å². The van der Waals surface area contributed by atoms with Gasteiger partial charge in [0.2, 0.25) is 0 Å². The summed E-state index contributed by atoms with van der Waals surface area (Å²) in [7, 11) is 3.02. The Bertz CT molecular complexity index is 1470. The number of phenols is 1. The second-order valence-electron chi connectivity index (χ2n) is 7.51. The second kappa shape index (κ2) is 9.56. The van der Waals surface area contributed by atoms with Crippen LogP contribution in [-0.2, 0) is 9.53 Å². The van der Waals surface area contributed by atoms with Crippen LogP contribution in [0, 0.1) is 0 Å². The van der Waals surface area contributed by atoms with E-state index in [1.165, 1.54) is 29.1 Å². The Morgan fingerprint density at radius 1 is 1.21 bits per heavy atom. The van der Waals surface area contributed by atoms with Gasteiger partial charge in [0.1, 0.15) is 5.75 Å². The van der Waals surface area contributed by atoms with Crippen molar-refractivity contribution in [3.05, 3.63) is 84.5 Å². The van der Waals surface area contributed by atoms with E-state index in [1.54, 1.807) is 51.3 Å². The molecule has 0 saturated carbocycles. The van der Waals surface area contributed by atoms with E-state index >= 15 is 0 Å². The fourth-order valence-electron chi connectivity index (χ4n) is 3.87. The fraction of sp³-hybridized carbons (Fsp3) is 0.240. The molecule has 2 aromatic carbocycles. The summed E-state index contributed by atoms with van der Waals surface area (Å²) < 4.78 is 17.7. The molecule has 1 atom stereocenters. The normalized spacial score (nSPS) is 15.5. The van der Waals surface area contributed by atoms with Crippen molar-refractivity contribution in [1.82, 2.24) is 4.57 Å². The lowest BCUT2D eigenvalue weighted by atomic mass is 9.95. The lowest BCUT2D eigenvalue weighted by Gasteiger charge is -2.25. The Morgan fingerprint density at radius 2 is 2.00 bits per heavy atom. The maximum absolute atomic E-state index is 13.6. The number of carbonyl (C=O) groups excluding carboxylic acids is 1. The first kappa shape index (κ1) is 23.3. The van der Waals surface area contributed by atoms with Gasteiger partial charge < -0.3 is 19.3 Å². The minimum Gasteiger partial charge on any atom is -0.504 e. The Labute approximate surface area is 199 Å². The van der Waals surface area contributed by atoms with Gasteiger partial charge in [0.05, 0.1) is 42.7 Å². The number of aromatic nitrogens is 1. The number of hydrogen-bond donors (Lipinski definition) is 1. The van der Waals surface area contributed by atoms with E-state index < -0.39 is 12.0 Å². The van der Waals surface area contributed by atoms with Gasteiger partial charge in [0.25, 0.3) is 5.56 Å². The van der Waals surface area contributed by atoms with Crippen LogP contribution in [0.3, 0.4) is 0 Å². The molecule has 0 saturated heterocycles. The highest BCUT2D eigenvalue weighted by Gasteiger charge is 2.33. The number of esters is 1.